The predicted octanol–water partition coefficient (Wildman–Crippen LogP) is 4.36. The van der Waals surface area contributed by atoms with Gasteiger partial charge >= 0.3 is 0 Å². The van der Waals surface area contributed by atoms with Gasteiger partial charge in [0.1, 0.15) is 11.5 Å². The van der Waals surface area contributed by atoms with Gasteiger partial charge in [-0.3, -0.25) is 14.5 Å². The molecule has 2 aromatic heterocycles. The Bertz CT molecular complexity index is 1050. The Morgan fingerprint density at radius 1 is 1.13 bits per heavy atom. The zero-order valence-electron chi connectivity index (χ0n) is 18.0. The number of carbonyl (C=O) groups is 2. The quantitative estimate of drug-likeness (QED) is 0.655. The van der Waals surface area contributed by atoms with Crippen LogP contribution in [0.4, 0.5) is 5.69 Å². The average molecular weight is 427 g/mol. The first-order valence-corrected chi connectivity index (χ1v) is 10.5. The number of rotatable bonds is 5. The lowest BCUT2D eigenvalue weighted by Crippen LogP contribution is -2.49. The topological polar surface area (TPSA) is 88.3 Å². The summed E-state index contributed by atoms with van der Waals surface area (Å²) in [5, 5.41) is 8.50. The third-order valence-electron chi connectivity index (χ3n) is 4.45. The first-order valence-electron chi connectivity index (χ1n) is 9.63. The van der Waals surface area contributed by atoms with E-state index < -0.39 is 17.5 Å². The van der Waals surface area contributed by atoms with Crippen LogP contribution in [0.3, 0.4) is 0 Å². The summed E-state index contributed by atoms with van der Waals surface area (Å²) in [5.74, 6) is 0.278. The highest BCUT2D eigenvalue weighted by Crippen LogP contribution is 2.33. The van der Waals surface area contributed by atoms with Gasteiger partial charge in [0.15, 0.2) is 11.7 Å². The predicted molar refractivity (Wildman–Crippen MR) is 117 cm³/mol. The molecule has 3 rings (SSSR count). The standard InChI is InChI=1S/C22H26N4O3S/c1-13-7-9-17(14(2)11-13)26(21(28)16-12-30-25-24-16)19(18-10-8-15(3)29-18)20(27)23-22(4,5)6/h7-12,19H,1-6H3,(H,23,27)/t19-/m1/s1. The SMILES string of the molecule is Cc1ccc(N(C(=O)c2csnn2)[C@@H](C(=O)NC(C)(C)C)c2ccc(C)o2)c(C)c1. The second kappa shape index (κ2) is 8.39. The number of aromatic nitrogens is 2. The van der Waals surface area contributed by atoms with Crippen LogP contribution in [-0.2, 0) is 4.79 Å². The highest BCUT2D eigenvalue weighted by molar-refractivity contribution is 7.03. The van der Waals surface area contributed by atoms with Crippen LogP contribution in [0.25, 0.3) is 0 Å². The molecular formula is C22H26N4O3S. The fraction of sp³-hybridized carbons (Fsp3) is 0.364. The molecule has 0 aliphatic heterocycles. The van der Waals surface area contributed by atoms with Gasteiger partial charge in [0.05, 0.1) is 0 Å². The third-order valence-corrected chi connectivity index (χ3v) is 4.95. The molecule has 1 N–H and O–H groups in total. The summed E-state index contributed by atoms with van der Waals surface area (Å²) < 4.78 is 9.64. The van der Waals surface area contributed by atoms with Crippen molar-refractivity contribution in [3.8, 4) is 0 Å². The van der Waals surface area contributed by atoms with E-state index in [1.165, 1.54) is 4.90 Å². The van der Waals surface area contributed by atoms with Crippen molar-refractivity contribution < 1.29 is 14.0 Å². The maximum Gasteiger partial charge on any atom is 0.280 e. The number of carbonyl (C=O) groups excluding carboxylic acids is 2. The first-order chi connectivity index (χ1) is 14.1. The Hall–Kier alpha value is -3.00. The molecule has 2 amide bonds. The maximum absolute atomic E-state index is 13.5. The van der Waals surface area contributed by atoms with E-state index in [1.54, 1.807) is 24.4 Å². The largest absolute Gasteiger partial charge is 0.464 e. The molecule has 0 aliphatic rings. The van der Waals surface area contributed by atoms with E-state index >= 15 is 0 Å². The highest BCUT2D eigenvalue weighted by atomic mass is 32.1. The Morgan fingerprint density at radius 3 is 2.40 bits per heavy atom. The summed E-state index contributed by atoms with van der Waals surface area (Å²) in [7, 11) is 0. The summed E-state index contributed by atoms with van der Waals surface area (Å²) in [6.07, 6.45) is 0. The lowest BCUT2D eigenvalue weighted by molar-refractivity contribution is -0.124. The van der Waals surface area contributed by atoms with Gasteiger partial charge in [0, 0.05) is 16.6 Å². The van der Waals surface area contributed by atoms with Crippen molar-refractivity contribution in [2.75, 3.05) is 4.90 Å². The smallest absolute Gasteiger partial charge is 0.280 e. The molecule has 2 heterocycles. The van der Waals surface area contributed by atoms with Gasteiger partial charge in [0.25, 0.3) is 11.8 Å². The number of benzene rings is 1. The zero-order chi connectivity index (χ0) is 22.1. The highest BCUT2D eigenvalue weighted by Gasteiger charge is 2.38. The minimum atomic E-state index is -1.01. The van der Waals surface area contributed by atoms with Crippen LogP contribution in [0, 0.1) is 20.8 Å². The third kappa shape index (κ3) is 4.76. The van der Waals surface area contributed by atoms with E-state index in [0.29, 0.717) is 17.2 Å². The zero-order valence-corrected chi connectivity index (χ0v) is 18.8. The lowest BCUT2D eigenvalue weighted by atomic mass is 10.0. The number of furan rings is 1. The van der Waals surface area contributed by atoms with E-state index in [0.717, 1.165) is 22.7 Å². The molecule has 8 heteroatoms. The molecule has 0 spiro atoms. The van der Waals surface area contributed by atoms with E-state index in [-0.39, 0.29) is 11.6 Å². The van der Waals surface area contributed by atoms with Crippen LogP contribution in [0.5, 0.6) is 0 Å². The van der Waals surface area contributed by atoms with E-state index in [1.807, 2.05) is 52.8 Å². The van der Waals surface area contributed by atoms with Crippen LogP contribution < -0.4 is 10.2 Å². The molecule has 0 saturated heterocycles. The van der Waals surface area contributed by atoms with E-state index in [4.69, 9.17) is 4.42 Å². The number of hydrogen-bond donors (Lipinski definition) is 1. The van der Waals surface area contributed by atoms with Crippen molar-refractivity contribution in [2.24, 2.45) is 0 Å². The normalized spacial score (nSPS) is 12.5. The van der Waals surface area contributed by atoms with Crippen molar-refractivity contribution in [1.29, 1.82) is 0 Å². The Morgan fingerprint density at radius 2 is 1.87 bits per heavy atom. The molecule has 0 fully saturated rings. The van der Waals surface area contributed by atoms with Gasteiger partial charge in [-0.2, -0.15) is 0 Å². The molecule has 30 heavy (non-hydrogen) atoms. The van der Waals surface area contributed by atoms with Crippen LogP contribution in [-0.4, -0.2) is 26.9 Å². The lowest BCUT2D eigenvalue weighted by Gasteiger charge is -2.32. The van der Waals surface area contributed by atoms with Crippen molar-refractivity contribution >= 4 is 29.0 Å². The number of hydrogen-bond acceptors (Lipinski definition) is 6. The molecule has 0 bridgehead atoms. The first kappa shape index (κ1) is 21.7. The number of anilines is 1. The fourth-order valence-corrected chi connectivity index (χ4v) is 3.66. The molecular weight excluding hydrogens is 400 g/mol. The summed E-state index contributed by atoms with van der Waals surface area (Å²) in [4.78, 5) is 28.4. The van der Waals surface area contributed by atoms with Crippen LogP contribution in [0.1, 0.15) is 59.9 Å². The van der Waals surface area contributed by atoms with E-state index in [2.05, 4.69) is 14.9 Å². The number of nitrogens with one attached hydrogen (secondary N) is 1. The van der Waals surface area contributed by atoms with Crippen LogP contribution in [0.2, 0.25) is 0 Å². The Balaban J connectivity index is 2.20. The summed E-state index contributed by atoms with van der Waals surface area (Å²) in [6.45, 7) is 11.4. The minimum Gasteiger partial charge on any atom is -0.464 e. The summed E-state index contributed by atoms with van der Waals surface area (Å²) in [5.41, 5.74) is 2.22. The average Bonchev–Trinajstić information content (AvgIpc) is 3.30. The number of nitrogens with zero attached hydrogens (tertiary/aromatic N) is 3. The molecule has 158 valence electrons. The van der Waals surface area contributed by atoms with Gasteiger partial charge in [-0.05, 0) is 76.8 Å². The van der Waals surface area contributed by atoms with Crippen molar-refractivity contribution in [1.82, 2.24) is 14.9 Å². The molecule has 7 nitrogen and oxygen atoms in total. The second-order valence-corrected chi connectivity index (χ2v) is 8.96. The number of amides is 2. The minimum absolute atomic E-state index is 0.178. The Kier molecular flexibility index (Phi) is 6.07. The number of aryl methyl sites for hydroxylation is 3. The molecule has 0 saturated carbocycles. The van der Waals surface area contributed by atoms with Gasteiger partial charge in [-0.25, -0.2) is 0 Å². The summed E-state index contributed by atoms with van der Waals surface area (Å²) in [6, 6.07) is 8.23. The van der Waals surface area contributed by atoms with Gasteiger partial charge in [-0.1, -0.05) is 22.2 Å². The molecule has 1 atom stereocenters. The Labute approximate surface area is 180 Å². The molecule has 3 aromatic rings. The van der Waals surface area contributed by atoms with Crippen molar-refractivity contribution in [3.63, 3.8) is 0 Å². The van der Waals surface area contributed by atoms with Crippen LogP contribution >= 0.6 is 11.5 Å². The van der Waals surface area contributed by atoms with Crippen molar-refractivity contribution in [3.05, 3.63) is 64.1 Å². The van der Waals surface area contributed by atoms with E-state index in [9.17, 15) is 9.59 Å². The van der Waals surface area contributed by atoms with Gasteiger partial charge in [-0.15, -0.1) is 5.10 Å². The molecule has 1 aromatic carbocycles. The molecule has 0 radical (unpaired) electrons. The van der Waals surface area contributed by atoms with Gasteiger partial charge < -0.3 is 9.73 Å². The molecule has 0 aliphatic carbocycles. The van der Waals surface area contributed by atoms with Crippen molar-refractivity contribution in [2.45, 2.75) is 53.1 Å². The fourth-order valence-electron chi connectivity index (χ4n) is 3.23. The second-order valence-electron chi connectivity index (χ2n) is 8.35. The maximum atomic E-state index is 13.5. The monoisotopic (exact) mass is 426 g/mol. The van der Waals surface area contributed by atoms with Crippen LogP contribution in [0.15, 0.2) is 40.1 Å². The summed E-state index contributed by atoms with van der Waals surface area (Å²) >= 11 is 1.08. The van der Waals surface area contributed by atoms with Gasteiger partial charge in [0.2, 0.25) is 0 Å². The molecule has 0 unspecified atom stereocenters.